The van der Waals surface area contributed by atoms with Crippen LogP contribution >= 0.6 is 0 Å². The van der Waals surface area contributed by atoms with Crippen molar-refractivity contribution in [2.24, 2.45) is 0 Å². The van der Waals surface area contributed by atoms with Crippen LogP contribution in [0.5, 0.6) is 11.5 Å². The summed E-state index contributed by atoms with van der Waals surface area (Å²) in [6, 6.07) is 9.39. The van der Waals surface area contributed by atoms with Crippen LogP contribution in [0.2, 0.25) is 0 Å². The second kappa shape index (κ2) is 5.75. The fourth-order valence-electron chi connectivity index (χ4n) is 2.63. The number of quaternary nitrogens is 1. The summed E-state index contributed by atoms with van der Waals surface area (Å²) >= 11 is 0. The molecule has 23 heavy (non-hydrogen) atoms. The van der Waals surface area contributed by atoms with Gasteiger partial charge in [0.2, 0.25) is 0 Å². The number of hydrogen-bond donors (Lipinski definition) is 3. The second-order valence-electron chi connectivity index (χ2n) is 5.37. The van der Waals surface area contributed by atoms with Crippen LogP contribution < -0.4 is 11.1 Å². The summed E-state index contributed by atoms with van der Waals surface area (Å²) in [4.78, 5) is 12.2. The Morgan fingerprint density at radius 1 is 1.17 bits per heavy atom. The summed E-state index contributed by atoms with van der Waals surface area (Å²) in [5.74, 6) is -0.312. The zero-order valence-electron chi connectivity index (χ0n) is 12.4. The van der Waals surface area contributed by atoms with Crippen molar-refractivity contribution in [1.29, 1.82) is 0 Å². The van der Waals surface area contributed by atoms with E-state index in [9.17, 15) is 20.2 Å². The smallest absolute Gasteiger partial charge is 0.340 e. The number of nitrogens with two attached hydrogens (primary N) is 1. The van der Waals surface area contributed by atoms with Gasteiger partial charge in [-0.1, -0.05) is 12.1 Å². The molecule has 0 saturated carbocycles. The highest BCUT2D eigenvalue weighted by Gasteiger charge is 2.15. The summed E-state index contributed by atoms with van der Waals surface area (Å²) in [6.45, 7) is 1.73. The fourth-order valence-corrected chi connectivity index (χ4v) is 2.63. The molecule has 0 spiro atoms. The van der Waals surface area contributed by atoms with Crippen LogP contribution in [0.25, 0.3) is 11.0 Å². The highest BCUT2D eigenvalue weighted by atomic mass is 16.5. The second-order valence-corrected chi connectivity index (χ2v) is 5.37. The van der Waals surface area contributed by atoms with Gasteiger partial charge in [0, 0.05) is 24.1 Å². The molecule has 0 aliphatic heterocycles. The molecule has 0 saturated heterocycles. The molecule has 1 aromatic heterocycles. The molecule has 0 fully saturated rings. The summed E-state index contributed by atoms with van der Waals surface area (Å²) in [6.07, 6.45) is 0.323. The van der Waals surface area contributed by atoms with Crippen molar-refractivity contribution in [3.63, 3.8) is 0 Å². The van der Waals surface area contributed by atoms with Crippen molar-refractivity contribution < 1.29 is 20.1 Å². The zero-order valence-corrected chi connectivity index (χ0v) is 12.4. The van der Waals surface area contributed by atoms with E-state index in [0.717, 1.165) is 11.0 Å². The average Bonchev–Trinajstić information content (AvgIpc) is 2.51. The van der Waals surface area contributed by atoms with Crippen LogP contribution in [-0.2, 0) is 6.42 Å². The lowest BCUT2D eigenvalue weighted by molar-refractivity contribution is -0.497. The molecular weight excluding hydrogens is 298 g/mol. The summed E-state index contributed by atoms with van der Waals surface area (Å²) in [7, 11) is 0. The molecule has 118 valence electrons. The lowest BCUT2D eigenvalue weighted by Gasteiger charge is -2.10. The predicted molar refractivity (Wildman–Crippen MR) is 84.8 cm³/mol. The highest BCUT2D eigenvalue weighted by Crippen LogP contribution is 2.32. The van der Waals surface area contributed by atoms with E-state index in [1.807, 2.05) is 0 Å². The third kappa shape index (κ3) is 2.77. The van der Waals surface area contributed by atoms with Gasteiger partial charge in [-0.25, -0.2) is 4.79 Å². The van der Waals surface area contributed by atoms with E-state index in [4.69, 9.17) is 4.42 Å². The number of aryl methyl sites for hydroxylation is 1. The van der Waals surface area contributed by atoms with E-state index >= 15 is 0 Å². The number of fused-ring (bicyclic) bond motifs is 1. The normalized spacial score (nSPS) is 11.0. The van der Waals surface area contributed by atoms with E-state index < -0.39 is 5.63 Å². The first kappa shape index (κ1) is 15.1. The Balaban J connectivity index is 2.11. The van der Waals surface area contributed by atoms with Gasteiger partial charge in [-0.15, -0.1) is 0 Å². The van der Waals surface area contributed by atoms with Gasteiger partial charge in [-0.2, -0.15) is 0 Å². The van der Waals surface area contributed by atoms with Gasteiger partial charge in [0.05, 0.1) is 5.39 Å². The van der Waals surface area contributed by atoms with Gasteiger partial charge in [-0.05, 0) is 30.2 Å². The third-order valence-electron chi connectivity index (χ3n) is 3.84. The minimum Gasteiger partial charge on any atom is -0.630 e. The molecule has 0 aliphatic rings. The molecule has 6 nitrogen and oxygen atoms in total. The van der Waals surface area contributed by atoms with Crippen LogP contribution in [0.1, 0.15) is 16.7 Å². The number of phenolic OH excluding ortho intramolecular Hbond substituents is 2. The first-order valence-electron chi connectivity index (χ1n) is 7.02. The Kier molecular flexibility index (Phi) is 3.77. The van der Waals surface area contributed by atoms with Crippen molar-refractivity contribution in [2.75, 3.05) is 0 Å². The molecule has 4 N–H and O–H groups in total. The third-order valence-corrected chi connectivity index (χ3v) is 3.84. The SMILES string of the molecule is Cc1c(Cc2ccc([NH2+][O-])cc2)c(=O)oc2cc(O)cc(O)c12. The topological polar surface area (TPSA) is 110 Å². The molecule has 2 aromatic carbocycles. The fraction of sp³-hybridized carbons (Fsp3) is 0.118. The van der Waals surface area contributed by atoms with Gasteiger partial charge in [0.15, 0.2) is 0 Å². The quantitative estimate of drug-likeness (QED) is 0.388. The van der Waals surface area contributed by atoms with E-state index in [-0.39, 0.29) is 17.1 Å². The van der Waals surface area contributed by atoms with Crippen LogP contribution in [0.3, 0.4) is 0 Å². The molecule has 0 atom stereocenters. The Labute approximate surface area is 131 Å². The molecule has 6 heteroatoms. The van der Waals surface area contributed by atoms with Crippen molar-refractivity contribution >= 4 is 16.7 Å². The van der Waals surface area contributed by atoms with Gasteiger partial charge in [0.25, 0.3) is 0 Å². The molecule has 0 aliphatic carbocycles. The number of benzene rings is 2. The largest absolute Gasteiger partial charge is 0.630 e. The van der Waals surface area contributed by atoms with Crippen molar-refractivity contribution in [1.82, 2.24) is 0 Å². The standard InChI is InChI=1S/C17H15NO5/c1-9-13(6-10-2-4-11(18-22)5-3-10)17(21)23-15-8-12(19)7-14(20)16(9)15/h2-5,7-8,19-20H,6,18H2,1H3. The van der Waals surface area contributed by atoms with E-state index in [1.165, 1.54) is 12.1 Å². The highest BCUT2D eigenvalue weighted by molar-refractivity contribution is 5.88. The van der Waals surface area contributed by atoms with Gasteiger partial charge < -0.3 is 25.3 Å². The number of hydrogen-bond acceptors (Lipinski definition) is 5. The maximum atomic E-state index is 12.2. The van der Waals surface area contributed by atoms with E-state index in [2.05, 4.69) is 0 Å². The molecule has 0 radical (unpaired) electrons. The van der Waals surface area contributed by atoms with Crippen molar-refractivity contribution in [3.8, 4) is 11.5 Å². The lowest BCUT2D eigenvalue weighted by Crippen LogP contribution is -2.70. The predicted octanol–water partition coefficient (Wildman–Crippen LogP) is 1.80. The van der Waals surface area contributed by atoms with Crippen LogP contribution in [0.4, 0.5) is 5.69 Å². The van der Waals surface area contributed by atoms with Gasteiger partial charge >= 0.3 is 5.63 Å². The number of phenols is 2. The maximum Gasteiger partial charge on any atom is 0.340 e. The summed E-state index contributed by atoms with van der Waals surface area (Å²) in [5.41, 5.74) is 2.83. The minimum absolute atomic E-state index is 0.140. The van der Waals surface area contributed by atoms with Crippen molar-refractivity contribution in [2.45, 2.75) is 13.3 Å². The molecule has 0 amide bonds. The maximum absolute atomic E-state index is 12.2. The minimum atomic E-state index is -0.514. The summed E-state index contributed by atoms with van der Waals surface area (Å²) in [5, 5.41) is 30.6. The molecule has 3 rings (SSSR count). The van der Waals surface area contributed by atoms with Crippen LogP contribution in [0.15, 0.2) is 45.6 Å². The Morgan fingerprint density at radius 2 is 1.87 bits per heavy atom. The average molecular weight is 313 g/mol. The van der Waals surface area contributed by atoms with Crippen LogP contribution in [-0.4, -0.2) is 10.2 Å². The van der Waals surface area contributed by atoms with Gasteiger partial charge in [-0.3, -0.25) is 0 Å². The number of aromatic hydroxyl groups is 2. The lowest BCUT2D eigenvalue weighted by atomic mass is 9.99. The Bertz CT molecular complexity index is 928. The molecule has 0 unspecified atom stereocenters. The van der Waals surface area contributed by atoms with Crippen molar-refractivity contribution in [3.05, 3.63) is 68.7 Å². The van der Waals surface area contributed by atoms with Gasteiger partial charge in [0.1, 0.15) is 22.8 Å². The molecule has 3 aromatic rings. The first-order chi connectivity index (χ1) is 11.0. The molecular formula is C17H15NO5. The van der Waals surface area contributed by atoms with Crippen LogP contribution in [0, 0.1) is 12.1 Å². The Morgan fingerprint density at radius 3 is 2.52 bits per heavy atom. The molecule has 0 bridgehead atoms. The zero-order chi connectivity index (χ0) is 16.6. The Hall–Kier alpha value is -2.83. The van der Waals surface area contributed by atoms with E-state index in [0.29, 0.717) is 28.6 Å². The number of rotatable bonds is 3. The van der Waals surface area contributed by atoms with E-state index in [1.54, 1.807) is 31.2 Å². The summed E-state index contributed by atoms with van der Waals surface area (Å²) < 4.78 is 5.22. The first-order valence-corrected chi connectivity index (χ1v) is 7.02. The monoisotopic (exact) mass is 313 g/mol. The molecule has 1 heterocycles.